The van der Waals surface area contributed by atoms with Crippen LogP contribution in [0.3, 0.4) is 0 Å². The Hall–Kier alpha value is -1.30. The highest BCUT2D eigenvalue weighted by molar-refractivity contribution is 6.06. The summed E-state index contributed by atoms with van der Waals surface area (Å²) in [6.07, 6.45) is 0.888. The van der Waals surface area contributed by atoms with Gasteiger partial charge in [-0.25, -0.2) is 0 Å². The molecule has 18 heavy (non-hydrogen) atoms. The number of nitrogens with one attached hydrogen (secondary N) is 1. The Morgan fingerprint density at radius 3 is 2.39 bits per heavy atom. The number of amidine groups is 1. The Balaban J connectivity index is 2.87. The molecule has 0 aromatic rings. The van der Waals surface area contributed by atoms with E-state index < -0.39 is 5.41 Å². The van der Waals surface area contributed by atoms with E-state index in [-0.39, 0.29) is 17.8 Å². The molecule has 4 N–H and O–H groups in total. The fourth-order valence-corrected chi connectivity index (χ4v) is 1.93. The normalized spacial score (nSPS) is 21.7. The lowest BCUT2D eigenvalue weighted by molar-refractivity contribution is -0.132. The van der Waals surface area contributed by atoms with Gasteiger partial charge in [-0.2, -0.15) is 0 Å². The van der Waals surface area contributed by atoms with Crippen LogP contribution in [0.15, 0.2) is 5.16 Å². The average molecular weight is 257 g/mol. The van der Waals surface area contributed by atoms with Gasteiger partial charge in [-0.1, -0.05) is 19.0 Å². The van der Waals surface area contributed by atoms with Crippen LogP contribution in [-0.2, 0) is 9.53 Å². The number of ether oxygens (including phenoxy) is 1. The van der Waals surface area contributed by atoms with E-state index in [1.54, 1.807) is 0 Å². The van der Waals surface area contributed by atoms with Crippen LogP contribution in [0.25, 0.3) is 0 Å². The molecule has 1 amide bonds. The van der Waals surface area contributed by atoms with Crippen molar-refractivity contribution < 1.29 is 14.7 Å². The van der Waals surface area contributed by atoms with E-state index in [1.807, 2.05) is 20.8 Å². The fourth-order valence-electron chi connectivity index (χ4n) is 1.93. The van der Waals surface area contributed by atoms with Gasteiger partial charge in [0.2, 0.25) is 5.91 Å². The zero-order valence-electron chi connectivity index (χ0n) is 11.3. The molecule has 0 saturated carbocycles. The topological polar surface area (TPSA) is 96.9 Å². The van der Waals surface area contributed by atoms with E-state index in [0.29, 0.717) is 32.0 Å². The maximum atomic E-state index is 12.4. The summed E-state index contributed by atoms with van der Waals surface area (Å²) in [6.45, 7) is 6.90. The maximum Gasteiger partial charge on any atom is 0.234 e. The number of hydrogen-bond donors (Lipinski definition) is 3. The first-order chi connectivity index (χ1) is 8.44. The van der Waals surface area contributed by atoms with Crippen molar-refractivity contribution in [2.45, 2.75) is 39.7 Å². The number of nitrogens with zero attached hydrogens (tertiary/aromatic N) is 1. The van der Waals surface area contributed by atoms with Crippen molar-refractivity contribution in [2.24, 2.45) is 22.2 Å². The van der Waals surface area contributed by atoms with Gasteiger partial charge in [-0.15, -0.1) is 0 Å². The van der Waals surface area contributed by atoms with Crippen LogP contribution in [0.1, 0.15) is 33.6 Å². The lowest BCUT2D eigenvalue weighted by Gasteiger charge is -2.35. The Bertz CT molecular complexity index is 323. The first kappa shape index (κ1) is 14.8. The molecule has 0 radical (unpaired) electrons. The molecule has 104 valence electrons. The predicted octanol–water partition coefficient (Wildman–Crippen LogP) is 0.690. The Labute approximate surface area is 108 Å². The lowest BCUT2D eigenvalue weighted by atomic mass is 9.77. The summed E-state index contributed by atoms with van der Waals surface area (Å²) in [5.41, 5.74) is 4.78. The van der Waals surface area contributed by atoms with Gasteiger partial charge >= 0.3 is 0 Å². The Kier molecular flexibility index (Phi) is 4.95. The zero-order valence-corrected chi connectivity index (χ0v) is 11.3. The van der Waals surface area contributed by atoms with Gasteiger partial charge in [0.05, 0.1) is 0 Å². The average Bonchev–Trinajstić information content (AvgIpc) is 2.38. The van der Waals surface area contributed by atoms with E-state index in [0.717, 1.165) is 0 Å². The summed E-state index contributed by atoms with van der Waals surface area (Å²) < 4.78 is 5.25. The van der Waals surface area contributed by atoms with Crippen LogP contribution >= 0.6 is 0 Å². The summed E-state index contributed by atoms with van der Waals surface area (Å²) in [5, 5.41) is 14.9. The quantitative estimate of drug-likeness (QED) is 0.299. The van der Waals surface area contributed by atoms with Crippen molar-refractivity contribution in [3.8, 4) is 0 Å². The molecule has 0 bridgehead atoms. The highest BCUT2D eigenvalue weighted by Crippen LogP contribution is 2.31. The lowest BCUT2D eigenvalue weighted by Crippen LogP contribution is -2.55. The molecule has 0 aromatic heterocycles. The molecule has 1 fully saturated rings. The third-order valence-corrected chi connectivity index (χ3v) is 3.74. The second-order valence-corrected chi connectivity index (χ2v) is 5.19. The molecule has 1 aliphatic rings. The van der Waals surface area contributed by atoms with Crippen molar-refractivity contribution in [1.82, 2.24) is 5.32 Å². The van der Waals surface area contributed by atoms with Crippen LogP contribution in [0.5, 0.6) is 0 Å². The van der Waals surface area contributed by atoms with Crippen LogP contribution in [0.4, 0.5) is 0 Å². The highest BCUT2D eigenvalue weighted by Gasteiger charge is 2.44. The van der Waals surface area contributed by atoms with E-state index >= 15 is 0 Å². The van der Waals surface area contributed by atoms with Gasteiger partial charge in [0.25, 0.3) is 0 Å². The van der Waals surface area contributed by atoms with Gasteiger partial charge in [0.15, 0.2) is 5.84 Å². The first-order valence-corrected chi connectivity index (χ1v) is 6.30. The SMILES string of the molecule is CC(C)C(C)NC(=O)C1(C(N)=NO)CCOCC1. The minimum Gasteiger partial charge on any atom is -0.409 e. The smallest absolute Gasteiger partial charge is 0.234 e. The summed E-state index contributed by atoms with van der Waals surface area (Å²) in [5.74, 6) is 0.125. The summed E-state index contributed by atoms with van der Waals surface area (Å²) in [4.78, 5) is 12.4. The van der Waals surface area contributed by atoms with Gasteiger partial charge in [-0.3, -0.25) is 4.79 Å². The predicted molar refractivity (Wildman–Crippen MR) is 68.3 cm³/mol. The number of hydrogen-bond acceptors (Lipinski definition) is 4. The summed E-state index contributed by atoms with van der Waals surface area (Å²) in [6, 6.07) is 0.0451. The fraction of sp³-hybridized carbons (Fsp3) is 0.833. The molecule has 0 spiro atoms. The molecule has 0 aromatic carbocycles. The second kappa shape index (κ2) is 6.04. The molecule has 1 rings (SSSR count). The van der Waals surface area contributed by atoms with E-state index in [1.165, 1.54) is 0 Å². The van der Waals surface area contributed by atoms with Crippen LogP contribution in [-0.4, -0.2) is 36.2 Å². The largest absolute Gasteiger partial charge is 0.409 e. The number of rotatable bonds is 4. The summed E-state index contributed by atoms with van der Waals surface area (Å²) in [7, 11) is 0. The molecule has 1 atom stereocenters. The molecule has 6 heteroatoms. The molecule has 1 unspecified atom stereocenters. The van der Waals surface area contributed by atoms with Crippen molar-refractivity contribution >= 4 is 11.7 Å². The Morgan fingerprint density at radius 2 is 1.94 bits per heavy atom. The highest BCUT2D eigenvalue weighted by atomic mass is 16.5. The minimum absolute atomic E-state index is 0.0285. The van der Waals surface area contributed by atoms with Gasteiger partial charge in [0.1, 0.15) is 5.41 Å². The van der Waals surface area contributed by atoms with Crippen LogP contribution < -0.4 is 11.1 Å². The summed E-state index contributed by atoms with van der Waals surface area (Å²) >= 11 is 0. The molecule has 6 nitrogen and oxygen atoms in total. The standard InChI is InChI=1S/C12H23N3O3/c1-8(2)9(3)14-11(16)12(10(13)15-17)4-6-18-7-5-12/h8-9,17H,4-7H2,1-3H3,(H2,13,15)(H,14,16). The molecule has 0 aliphatic carbocycles. The van der Waals surface area contributed by atoms with Gasteiger partial charge in [0, 0.05) is 19.3 Å². The molecule has 1 heterocycles. The van der Waals surface area contributed by atoms with E-state index in [4.69, 9.17) is 15.7 Å². The van der Waals surface area contributed by atoms with E-state index in [2.05, 4.69) is 10.5 Å². The molecule has 1 saturated heterocycles. The van der Waals surface area contributed by atoms with Crippen molar-refractivity contribution in [2.75, 3.05) is 13.2 Å². The van der Waals surface area contributed by atoms with Crippen molar-refractivity contribution in [1.29, 1.82) is 0 Å². The molecule has 1 aliphatic heterocycles. The number of oxime groups is 1. The molecular weight excluding hydrogens is 234 g/mol. The van der Waals surface area contributed by atoms with Gasteiger partial charge < -0.3 is 21.0 Å². The van der Waals surface area contributed by atoms with Crippen LogP contribution in [0, 0.1) is 11.3 Å². The maximum absolute atomic E-state index is 12.4. The monoisotopic (exact) mass is 257 g/mol. The third kappa shape index (κ3) is 2.93. The third-order valence-electron chi connectivity index (χ3n) is 3.74. The van der Waals surface area contributed by atoms with Crippen molar-refractivity contribution in [3.05, 3.63) is 0 Å². The van der Waals surface area contributed by atoms with E-state index in [9.17, 15) is 4.79 Å². The second-order valence-electron chi connectivity index (χ2n) is 5.19. The first-order valence-electron chi connectivity index (χ1n) is 6.30. The number of amides is 1. The Morgan fingerprint density at radius 1 is 1.39 bits per heavy atom. The zero-order chi connectivity index (χ0) is 13.8. The van der Waals surface area contributed by atoms with Crippen molar-refractivity contribution in [3.63, 3.8) is 0 Å². The van der Waals surface area contributed by atoms with Crippen LogP contribution in [0.2, 0.25) is 0 Å². The minimum atomic E-state index is -0.934. The number of nitrogens with two attached hydrogens (primary N) is 1. The number of carbonyl (C=O) groups is 1. The number of carbonyl (C=O) groups excluding carboxylic acids is 1. The van der Waals surface area contributed by atoms with Gasteiger partial charge in [-0.05, 0) is 25.7 Å². The molecular formula is C12H23N3O3.